The molecule has 0 unspecified atom stereocenters. The molecule has 1 saturated heterocycles. The number of benzene rings is 1. The Hall–Kier alpha value is -1.72. The third kappa shape index (κ3) is 1.82. The topological polar surface area (TPSA) is 46.3 Å². The molecule has 1 amide bonds. The minimum Gasteiger partial charge on any atom is -0.396 e. The van der Waals surface area contributed by atoms with Gasteiger partial charge in [-0.15, -0.1) is 0 Å². The van der Waals surface area contributed by atoms with Crippen molar-refractivity contribution in [2.24, 2.45) is 0 Å². The fraction of sp³-hybridized carbons (Fsp3) is 0.300. The Morgan fingerprint density at radius 3 is 2.50 bits per heavy atom. The highest BCUT2D eigenvalue weighted by Crippen LogP contribution is 2.28. The number of nitrogens with zero attached hydrogens (tertiary/aromatic N) is 1. The lowest BCUT2D eigenvalue weighted by atomic mass is 10.1. The third-order valence-corrected chi connectivity index (χ3v) is 2.38. The molecule has 0 saturated carbocycles. The van der Waals surface area contributed by atoms with Crippen molar-refractivity contribution >= 4 is 11.6 Å². The van der Waals surface area contributed by atoms with Gasteiger partial charge in [0.05, 0.1) is 18.8 Å². The summed E-state index contributed by atoms with van der Waals surface area (Å²) in [7, 11) is 0. The summed E-state index contributed by atoms with van der Waals surface area (Å²) in [6.45, 7) is -1.23. The summed E-state index contributed by atoms with van der Waals surface area (Å²) in [6.07, 6.45) is 0. The molecule has 1 aromatic carbocycles. The van der Waals surface area contributed by atoms with Crippen molar-refractivity contribution in [3.8, 4) is 0 Å². The lowest BCUT2D eigenvalue weighted by Crippen LogP contribution is -2.58. The van der Waals surface area contributed by atoms with E-state index >= 15 is 0 Å². The van der Waals surface area contributed by atoms with Crippen molar-refractivity contribution in [3.63, 3.8) is 0 Å². The van der Waals surface area contributed by atoms with Gasteiger partial charge in [0, 0.05) is 5.56 Å². The van der Waals surface area contributed by atoms with E-state index in [0.29, 0.717) is 0 Å². The molecule has 0 aliphatic carbocycles. The van der Waals surface area contributed by atoms with Crippen LogP contribution in [-0.4, -0.2) is 29.8 Å². The summed E-state index contributed by atoms with van der Waals surface area (Å²) < 4.78 is 38.1. The zero-order chi connectivity index (χ0) is 11.9. The van der Waals surface area contributed by atoms with E-state index in [2.05, 4.69) is 0 Å². The van der Waals surface area contributed by atoms with E-state index in [9.17, 15) is 18.0 Å². The summed E-state index contributed by atoms with van der Waals surface area (Å²) >= 11 is 0. The highest BCUT2D eigenvalue weighted by atomic mass is 19.3. The van der Waals surface area contributed by atoms with Gasteiger partial charge < -0.3 is 10.6 Å². The van der Waals surface area contributed by atoms with Crippen LogP contribution in [0.1, 0.15) is 10.4 Å². The van der Waals surface area contributed by atoms with Crippen LogP contribution in [0.15, 0.2) is 18.2 Å². The molecule has 6 heteroatoms. The number of carbonyl (C=O) groups excluding carboxylic acids is 1. The Bertz CT molecular complexity index is 440. The van der Waals surface area contributed by atoms with Crippen LogP contribution in [0.2, 0.25) is 0 Å². The van der Waals surface area contributed by atoms with Crippen LogP contribution >= 0.6 is 0 Å². The van der Waals surface area contributed by atoms with Gasteiger partial charge in [0.2, 0.25) is 0 Å². The van der Waals surface area contributed by atoms with E-state index in [4.69, 9.17) is 5.73 Å². The van der Waals surface area contributed by atoms with Crippen LogP contribution in [0.25, 0.3) is 0 Å². The van der Waals surface area contributed by atoms with E-state index in [1.54, 1.807) is 0 Å². The first-order valence-corrected chi connectivity index (χ1v) is 4.61. The predicted octanol–water partition coefficient (Wildman–Crippen LogP) is 1.50. The first kappa shape index (κ1) is 10.8. The summed E-state index contributed by atoms with van der Waals surface area (Å²) in [5.41, 5.74) is 5.19. The minimum atomic E-state index is -2.82. The summed E-state index contributed by atoms with van der Waals surface area (Å²) in [6, 6.07) is 3.51. The molecule has 1 aliphatic rings. The molecule has 1 heterocycles. The number of halogens is 3. The smallest absolute Gasteiger partial charge is 0.282 e. The van der Waals surface area contributed by atoms with Crippen LogP contribution in [0.4, 0.5) is 18.9 Å². The van der Waals surface area contributed by atoms with Gasteiger partial charge in [0.1, 0.15) is 5.82 Å². The second kappa shape index (κ2) is 3.40. The third-order valence-electron chi connectivity index (χ3n) is 2.38. The maximum Gasteiger partial charge on any atom is 0.282 e. The van der Waals surface area contributed by atoms with Crippen molar-refractivity contribution in [1.82, 2.24) is 4.90 Å². The molecule has 2 N–H and O–H groups in total. The number of anilines is 1. The Balaban J connectivity index is 2.13. The van der Waals surface area contributed by atoms with Gasteiger partial charge >= 0.3 is 0 Å². The second-order valence-corrected chi connectivity index (χ2v) is 3.75. The van der Waals surface area contributed by atoms with Crippen LogP contribution < -0.4 is 5.73 Å². The molecule has 1 aliphatic heterocycles. The predicted molar refractivity (Wildman–Crippen MR) is 51.7 cm³/mol. The number of hydrogen-bond donors (Lipinski definition) is 1. The average molecular weight is 230 g/mol. The minimum absolute atomic E-state index is 0.0298. The van der Waals surface area contributed by atoms with E-state index in [-0.39, 0.29) is 11.3 Å². The molecule has 16 heavy (non-hydrogen) atoms. The van der Waals surface area contributed by atoms with Crippen molar-refractivity contribution in [2.45, 2.75) is 5.92 Å². The van der Waals surface area contributed by atoms with Crippen LogP contribution in [-0.2, 0) is 0 Å². The fourth-order valence-electron chi connectivity index (χ4n) is 1.50. The molecule has 1 fully saturated rings. The van der Waals surface area contributed by atoms with E-state index in [1.807, 2.05) is 0 Å². The number of rotatable bonds is 1. The maximum absolute atomic E-state index is 13.0. The first-order valence-electron chi connectivity index (χ1n) is 4.61. The van der Waals surface area contributed by atoms with Crippen LogP contribution in [0, 0.1) is 5.82 Å². The number of nitrogens with two attached hydrogens (primary N) is 1. The van der Waals surface area contributed by atoms with E-state index < -0.39 is 30.7 Å². The molecular weight excluding hydrogens is 221 g/mol. The van der Waals surface area contributed by atoms with E-state index in [1.165, 1.54) is 12.1 Å². The van der Waals surface area contributed by atoms with Crippen LogP contribution in [0.3, 0.4) is 0 Å². The standard InChI is InChI=1S/C10H9F3N2O/c11-7-3-6(1-2-8(7)14)9(16)15-4-10(12,13)5-15/h1-3H,4-5,14H2. The number of hydrogen-bond acceptors (Lipinski definition) is 2. The van der Waals surface area contributed by atoms with E-state index in [0.717, 1.165) is 11.0 Å². The SMILES string of the molecule is Nc1ccc(C(=O)N2CC(F)(F)C2)cc1F. The number of carbonyl (C=O) groups is 1. The van der Waals surface area contributed by atoms with Gasteiger partial charge in [-0.05, 0) is 18.2 Å². The molecule has 0 aromatic heterocycles. The Kier molecular flexibility index (Phi) is 2.29. The number of alkyl halides is 2. The summed E-state index contributed by atoms with van der Waals surface area (Å²) in [5, 5.41) is 0. The molecule has 3 nitrogen and oxygen atoms in total. The normalized spacial score (nSPS) is 18.1. The first-order chi connectivity index (χ1) is 7.39. The van der Waals surface area contributed by atoms with Gasteiger partial charge in [0.15, 0.2) is 0 Å². The number of nitrogen functional groups attached to an aromatic ring is 1. The molecule has 86 valence electrons. The highest BCUT2D eigenvalue weighted by molar-refractivity contribution is 5.95. The van der Waals surface area contributed by atoms with Crippen molar-refractivity contribution in [3.05, 3.63) is 29.6 Å². The lowest BCUT2D eigenvalue weighted by Gasteiger charge is -2.38. The van der Waals surface area contributed by atoms with Crippen molar-refractivity contribution in [1.29, 1.82) is 0 Å². The number of likely N-dealkylation sites (tertiary alicyclic amines) is 1. The lowest BCUT2D eigenvalue weighted by molar-refractivity contribution is -0.113. The maximum atomic E-state index is 13.0. The quantitative estimate of drug-likeness (QED) is 0.743. The van der Waals surface area contributed by atoms with Crippen LogP contribution in [0.5, 0.6) is 0 Å². The molecular formula is C10H9F3N2O. The molecule has 2 rings (SSSR count). The number of amides is 1. The Morgan fingerprint density at radius 2 is 2.00 bits per heavy atom. The molecule has 0 atom stereocenters. The van der Waals surface area contributed by atoms with Crippen molar-refractivity contribution in [2.75, 3.05) is 18.8 Å². The monoisotopic (exact) mass is 230 g/mol. The summed E-state index contributed by atoms with van der Waals surface area (Å²) in [4.78, 5) is 12.5. The van der Waals surface area contributed by atoms with Gasteiger partial charge in [0.25, 0.3) is 11.8 Å². The van der Waals surface area contributed by atoms with Gasteiger partial charge in [-0.2, -0.15) is 0 Å². The largest absolute Gasteiger partial charge is 0.396 e. The zero-order valence-electron chi connectivity index (χ0n) is 8.21. The molecule has 0 radical (unpaired) electrons. The Labute approximate surface area is 89.6 Å². The fourth-order valence-corrected chi connectivity index (χ4v) is 1.50. The van der Waals surface area contributed by atoms with Gasteiger partial charge in [-0.25, -0.2) is 13.2 Å². The molecule has 0 bridgehead atoms. The average Bonchev–Trinajstić information content (AvgIpc) is 2.17. The molecule has 0 spiro atoms. The zero-order valence-corrected chi connectivity index (χ0v) is 8.21. The summed E-state index contributed by atoms with van der Waals surface area (Å²) in [5.74, 6) is -4.15. The van der Waals surface area contributed by atoms with Gasteiger partial charge in [-0.1, -0.05) is 0 Å². The second-order valence-electron chi connectivity index (χ2n) is 3.75. The molecule has 1 aromatic rings. The Morgan fingerprint density at radius 1 is 1.38 bits per heavy atom. The van der Waals surface area contributed by atoms with Gasteiger partial charge in [-0.3, -0.25) is 4.79 Å². The highest BCUT2D eigenvalue weighted by Gasteiger charge is 2.46. The van der Waals surface area contributed by atoms with Crippen molar-refractivity contribution < 1.29 is 18.0 Å².